The van der Waals surface area contributed by atoms with E-state index in [4.69, 9.17) is 19.9 Å². The summed E-state index contributed by atoms with van der Waals surface area (Å²) in [6, 6.07) is 145. The predicted molar refractivity (Wildman–Crippen MR) is 475 cm³/mol. The summed E-state index contributed by atoms with van der Waals surface area (Å²) in [5.41, 5.74) is 24.2. The zero-order chi connectivity index (χ0) is 73.7. The summed E-state index contributed by atoms with van der Waals surface area (Å²) in [5, 5.41) is 23.7. The number of hydrogen-bond acceptors (Lipinski definition) is 4. The number of nitrogens with zero attached hydrogens (tertiary/aromatic N) is 4. The van der Waals surface area contributed by atoms with Gasteiger partial charge in [-0.05, 0) is 192 Å². The molecule has 19 aromatic carbocycles. The molecular weight excluding hydrogens is 1350 g/mol. The van der Waals surface area contributed by atoms with Crippen LogP contribution >= 0.6 is 0 Å². The molecule has 0 radical (unpaired) electrons. The third-order valence-corrected chi connectivity index (χ3v) is 23.0. The molecule has 0 N–H and O–H groups in total. The second-order valence-electron chi connectivity index (χ2n) is 29.4. The summed E-state index contributed by atoms with van der Waals surface area (Å²) in [4.78, 5) is 21.5. The largest absolute Gasteiger partial charge is 0.245 e. The van der Waals surface area contributed by atoms with Gasteiger partial charge in [0, 0.05) is 54.6 Å². The molecule has 0 aliphatic heterocycles. The molecule has 0 bridgehead atoms. The van der Waals surface area contributed by atoms with Crippen molar-refractivity contribution in [2.45, 2.75) is 0 Å². The second kappa shape index (κ2) is 26.5. The zero-order valence-electron chi connectivity index (χ0n) is 60.9. The van der Waals surface area contributed by atoms with Gasteiger partial charge in [0.25, 0.3) is 0 Å². The van der Waals surface area contributed by atoms with E-state index in [-0.39, 0.29) is 0 Å². The van der Waals surface area contributed by atoms with Crippen LogP contribution in [-0.4, -0.2) is 19.9 Å². The Kier molecular flexibility index (Phi) is 15.2. The second-order valence-corrected chi connectivity index (χ2v) is 29.4. The van der Waals surface area contributed by atoms with Gasteiger partial charge in [0.05, 0.1) is 44.5 Å². The summed E-state index contributed by atoms with van der Waals surface area (Å²) < 4.78 is 0. The third kappa shape index (κ3) is 11.0. The normalized spacial score (nSPS) is 11.8. The minimum atomic E-state index is 0.910. The minimum absolute atomic E-state index is 0.910. The molecule has 4 aromatic heterocycles. The number of rotatable bonds is 8. The lowest BCUT2D eigenvalue weighted by Gasteiger charge is -2.18. The van der Waals surface area contributed by atoms with Gasteiger partial charge in [0.15, 0.2) is 0 Å². The van der Waals surface area contributed by atoms with Crippen LogP contribution in [0.2, 0.25) is 0 Å². The number of fused-ring (bicyclic) bond motifs is 15. The van der Waals surface area contributed by atoms with E-state index in [9.17, 15) is 0 Å². The van der Waals surface area contributed by atoms with E-state index in [1.165, 1.54) is 142 Å². The maximum Gasteiger partial charge on any atom is 0.0978 e. The fraction of sp³-hybridized carbons (Fsp3) is 0. The number of para-hydroxylation sites is 2. The summed E-state index contributed by atoms with van der Waals surface area (Å²) >= 11 is 0. The highest BCUT2D eigenvalue weighted by Crippen LogP contribution is 2.47. The highest BCUT2D eigenvalue weighted by Gasteiger charge is 2.22. The molecule has 4 nitrogen and oxygen atoms in total. The van der Waals surface area contributed by atoms with Gasteiger partial charge in [0.2, 0.25) is 0 Å². The Balaban J connectivity index is 0.000000138. The van der Waals surface area contributed by atoms with Crippen LogP contribution in [0.25, 0.3) is 230 Å². The van der Waals surface area contributed by atoms with E-state index >= 15 is 0 Å². The van der Waals surface area contributed by atoms with Gasteiger partial charge in [-0.2, -0.15) is 0 Å². The molecular formula is C108H66N4. The average molecular weight is 1420 g/mol. The van der Waals surface area contributed by atoms with E-state index in [1.807, 2.05) is 0 Å². The molecule has 23 rings (SSSR count). The van der Waals surface area contributed by atoms with E-state index in [0.29, 0.717) is 0 Å². The molecule has 4 heterocycles. The van der Waals surface area contributed by atoms with E-state index in [1.54, 1.807) is 0 Å². The Labute approximate surface area is 646 Å². The Hall–Kier alpha value is -14.8. The molecule has 0 unspecified atom stereocenters. The van der Waals surface area contributed by atoms with Crippen molar-refractivity contribution in [1.82, 2.24) is 19.9 Å². The lowest BCUT2D eigenvalue weighted by molar-refractivity contribution is 1.40. The molecule has 4 heteroatoms. The summed E-state index contributed by atoms with van der Waals surface area (Å²) in [5.74, 6) is 0. The monoisotopic (exact) mass is 1420 g/mol. The van der Waals surface area contributed by atoms with E-state index < -0.39 is 0 Å². The van der Waals surface area contributed by atoms with Gasteiger partial charge < -0.3 is 0 Å². The Bertz CT molecular complexity index is 7760. The molecule has 0 aliphatic carbocycles. The fourth-order valence-corrected chi connectivity index (χ4v) is 17.6. The van der Waals surface area contributed by atoms with Crippen molar-refractivity contribution in [2.24, 2.45) is 0 Å². The fourth-order valence-electron chi connectivity index (χ4n) is 17.6. The van der Waals surface area contributed by atoms with Gasteiger partial charge in [-0.15, -0.1) is 0 Å². The Morgan fingerprint density at radius 2 is 0.438 bits per heavy atom. The van der Waals surface area contributed by atoms with Crippen LogP contribution < -0.4 is 0 Å². The number of hydrogen-bond donors (Lipinski definition) is 0. The molecule has 518 valence electrons. The highest BCUT2D eigenvalue weighted by molar-refractivity contribution is 6.23. The first-order valence-electron chi connectivity index (χ1n) is 38.4. The standard InChI is InChI=1S/C56H34N2.C52H32N2/c1-2-13-36(14-3-1)52-48-20-10-11-21-50(48)57-56-49(52)30-28-37-29-31-51(58-55(37)56)54-46-18-8-6-16-44(46)53(45-17-7-9-19-47(45)54)43-27-26-41-33-40(24-25-42(41)34-43)39-23-22-35-12-4-5-15-38(35)32-39;1-2-11-34(12-3-1)50-46-16-8-9-17-48(46)54-52-47(50)26-24-35-25-29-49(53-51(35)52)45-28-27-42(43-14-6-7-15-44(43)45)41-23-22-39-31-38(20-21-40(39)32-41)37-19-18-33-10-4-5-13-36(33)30-37/h1-34H;1-32H. The first-order chi connectivity index (χ1) is 55.5. The number of benzene rings is 19. The SMILES string of the molecule is c1ccc(-c2c3ccccc3nc3c2ccc2ccc(-c4c5ccccc5c(-c5ccc6cc(-c7ccc8ccccc8c7)ccc6c5)c5ccccc45)nc23)cc1.c1ccc(-c2c3ccccc3nc3c2ccc2ccc(-c4ccc(-c5ccc6cc(-c7ccc8ccccc8c7)ccc6c5)c5ccccc45)nc23)cc1. The molecule has 0 saturated heterocycles. The van der Waals surface area contributed by atoms with Crippen LogP contribution in [0.15, 0.2) is 400 Å². The van der Waals surface area contributed by atoms with Gasteiger partial charge in [-0.1, -0.05) is 340 Å². The van der Waals surface area contributed by atoms with Gasteiger partial charge in [0.1, 0.15) is 0 Å². The molecule has 0 amide bonds. The van der Waals surface area contributed by atoms with Crippen molar-refractivity contribution in [3.8, 4) is 89.3 Å². The average Bonchev–Trinajstić information content (AvgIpc) is 0.725. The Morgan fingerprint density at radius 1 is 0.134 bits per heavy atom. The quantitative estimate of drug-likeness (QED) is 0.112. The summed E-state index contributed by atoms with van der Waals surface area (Å²) in [6.45, 7) is 0. The molecule has 0 atom stereocenters. The zero-order valence-corrected chi connectivity index (χ0v) is 60.9. The third-order valence-electron chi connectivity index (χ3n) is 23.0. The van der Waals surface area contributed by atoms with Crippen LogP contribution in [0, 0.1) is 0 Å². The van der Waals surface area contributed by atoms with Crippen molar-refractivity contribution in [3.05, 3.63) is 400 Å². The molecule has 23 aromatic rings. The maximum atomic E-state index is 5.55. The molecule has 112 heavy (non-hydrogen) atoms. The topological polar surface area (TPSA) is 51.6 Å². The minimum Gasteiger partial charge on any atom is -0.245 e. The van der Waals surface area contributed by atoms with Crippen molar-refractivity contribution in [2.75, 3.05) is 0 Å². The van der Waals surface area contributed by atoms with Crippen LogP contribution in [0.1, 0.15) is 0 Å². The molecule has 0 fully saturated rings. The van der Waals surface area contributed by atoms with Gasteiger partial charge in [-0.25, -0.2) is 19.9 Å². The van der Waals surface area contributed by atoms with Crippen molar-refractivity contribution in [1.29, 1.82) is 0 Å². The number of pyridine rings is 4. The molecule has 0 aliphatic rings. The Morgan fingerprint density at radius 3 is 0.920 bits per heavy atom. The lowest BCUT2D eigenvalue weighted by Crippen LogP contribution is -1.95. The van der Waals surface area contributed by atoms with Crippen molar-refractivity contribution >= 4 is 141 Å². The first kappa shape index (κ1) is 64.3. The van der Waals surface area contributed by atoms with Crippen molar-refractivity contribution < 1.29 is 0 Å². The summed E-state index contributed by atoms with van der Waals surface area (Å²) in [6.07, 6.45) is 0. The van der Waals surface area contributed by atoms with Gasteiger partial charge >= 0.3 is 0 Å². The lowest BCUT2D eigenvalue weighted by atomic mass is 9.86. The van der Waals surface area contributed by atoms with Crippen LogP contribution in [0.3, 0.4) is 0 Å². The van der Waals surface area contributed by atoms with E-state index in [0.717, 1.165) is 87.9 Å². The highest BCUT2D eigenvalue weighted by atomic mass is 14.8. The van der Waals surface area contributed by atoms with Crippen LogP contribution in [-0.2, 0) is 0 Å². The van der Waals surface area contributed by atoms with Crippen molar-refractivity contribution in [3.63, 3.8) is 0 Å². The first-order valence-corrected chi connectivity index (χ1v) is 38.4. The predicted octanol–water partition coefficient (Wildman–Crippen LogP) is 29.3. The number of aromatic nitrogens is 4. The van der Waals surface area contributed by atoms with Crippen LogP contribution in [0.4, 0.5) is 0 Å². The molecule has 0 saturated carbocycles. The maximum absolute atomic E-state index is 5.55. The smallest absolute Gasteiger partial charge is 0.0978 e. The molecule has 0 spiro atoms. The van der Waals surface area contributed by atoms with E-state index in [2.05, 4.69) is 400 Å². The summed E-state index contributed by atoms with van der Waals surface area (Å²) in [7, 11) is 0. The van der Waals surface area contributed by atoms with Crippen LogP contribution in [0.5, 0.6) is 0 Å². The van der Waals surface area contributed by atoms with Gasteiger partial charge in [-0.3, -0.25) is 0 Å².